The third-order valence-electron chi connectivity index (χ3n) is 10.5. The lowest BCUT2D eigenvalue weighted by atomic mass is 9.81. The van der Waals surface area contributed by atoms with Crippen molar-refractivity contribution in [3.63, 3.8) is 0 Å². The van der Waals surface area contributed by atoms with Crippen LogP contribution in [0.2, 0.25) is 0 Å². The molecule has 3 aromatic carbocycles. The fourth-order valence-electron chi connectivity index (χ4n) is 7.99. The van der Waals surface area contributed by atoms with Crippen molar-refractivity contribution in [3.8, 4) is 5.69 Å². The molecule has 2 aliphatic heterocycles. The number of benzene rings is 3. The number of carbonyl (C=O) groups excluding carboxylic acids is 2. The van der Waals surface area contributed by atoms with Gasteiger partial charge in [-0.3, -0.25) is 10.1 Å². The fourth-order valence-corrected chi connectivity index (χ4v) is 7.99. The number of amides is 3. The van der Waals surface area contributed by atoms with Crippen LogP contribution in [0.5, 0.6) is 0 Å². The van der Waals surface area contributed by atoms with E-state index >= 15 is 0 Å². The lowest BCUT2D eigenvalue weighted by Gasteiger charge is -2.41. The first kappa shape index (κ1) is 31.2. The van der Waals surface area contributed by atoms with Gasteiger partial charge in [-0.05, 0) is 105 Å². The lowest BCUT2D eigenvalue weighted by molar-refractivity contribution is -0.141. The average molecular weight is 630 g/mol. The molecule has 2 saturated heterocycles. The predicted molar refractivity (Wildman–Crippen MR) is 188 cm³/mol. The van der Waals surface area contributed by atoms with Crippen LogP contribution in [0.4, 0.5) is 16.3 Å². The number of urea groups is 1. The number of nitrogens with zero attached hydrogens (tertiary/aromatic N) is 3. The van der Waals surface area contributed by atoms with Crippen LogP contribution >= 0.6 is 0 Å². The van der Waals surface area contributed by atoms with E-state index in [1.165, 1.54) is 22.3 Å². The van der Waals surface area contributed by atoms with E-state index in [1.807, 2.05) is 42.5 Å². The number of aromatic nitrogens is 2. The zero-order valence-corrected chi connectivity index (χ0v) is 28.1. The maximum atomic E-state index is 13.8. The Bertz CT molecular complexity index is 1740. The summed E-state index contributed by atoms with van der Waals surface area (Å²) < 4.78 is 1.79. The van der Waals surface area contributed by atoms with Crippen LogP contribution in [0, 0.1) is 18.8 Å². The van der Waals surface area contributed by atoms with Gasteiger partial charge < -0.3 is 10.2 Å². The van der Waals surface area contributed by atoms with Gasteiger partial charge in [-0.2, -0.15) is 5.10 Å². The fraction of sp³-hybridized carbons (Fsp3) is 0.425. The van der Waals surface area contributed by atoms with E-state index < -0.39 is 0 Å². The van der Waals surface area contributed by atoms with Gasteiger partial charge >= 0.3 is 6.03 Å². The van der Waals surface area contributed by atoms with Gasteiger partial charge in [-0.15, -0.1) is 0 Å². The monoisotopic (exact) mass is 629 g/mol. The Balaban J connectivity index is 0.951. The Kier molecular flexibility index (Phi) is 8.41. The van der Waals surface area contributed by atoms with Crippen molar-refractivity contribution in [1.82, 2.24) is 14.7 Å². The van der Waals surface area contributed by atoms with Crippen molar-refractivity contribution in [2.45, 2.75) is 96.6 Å². The minimum absolute atomic E-state index is 0.130. The number of fused-ring (bicyclic) bond motifs is 3. The van der Waals surface area contributed by atoms with Crippen LogP contribution in [-0.2, 0) is 29.5 Å². The molecule has 2 bridgehead atoms. The van der Waals surface area contributed by atoms with Crippen molar-refractivity contribution in [2.24, 2.45) is 11.8 Å². The van der Waals surface area contributed by atoms with E-state index in [9.17, 15) is 9.59 Å². The second kappa shape index (κ2) is 12.7. The molecule has 4 aromatic rings. The molecule has 47 heavy (non-hydrogen) atoms. The van der Waals surface area contributed by atoms with Crippen LogP contribution in [0.3, 0.4) is 0 Å². The molecule has 7 rings (SSSR count). The summed E-state index contributed by atoms with van der Waals surface area (Å²) in [6, 6.07) is 27.4. The van der Waals surface area contributed by atoms with E-state index in [0.717, 1.165) is 68.4 Å². The number of rotatable bonds is 6. The maximum Gasteiger partial charge on any atom is 0.324 e. The van der Waals surface area contributed by atoms with Crippen LogP contribution in [0.15, 0.2) is 78.9 Å². The highest BCUT2D eigenvalue weighted by Crippen LogP contribution is 2.42. The van der Waals surface area contributed by atoms with Crippen molar-refractivity contribution < 1.29 is 9.59 Å². The summed E-state index contributed by atoms with van der Waals surface area (Å²) >= 11 is 0. The minimum Gasteiger partial charge on any atom is -0.336 e. The Labute approximate surface area is 278 Å². The summed E-state index contributed by atoms with van der Waals surface area (Å²) in [5.41, 5.74) is 7.61. The van der Waals surface area contributed by atoms with E-state index in [0.29, 0.717) is 29.7 Å². The van der Waals surface area contributed by atoms with E-state index in [1.54, 1.807) is 4.68 Å². The molecule has 3 atom stereocenters. The summed E-state index contributed by atoms with van der Waals surface area (Å²) in [6.07, 6.45) is 8.31. The van der Waals surface area contributed by atoms with Crippen LogP contribution in [-0.4, -0.2) is 38.7 Å². The molecule has 3 aliphatic rings. The van der Waals surface area contributed by atoms with Crippen LogP contribution in [0.1, 0.15) is 80.8 Å². The van der Waals surface area contributed by atoms with Gasteiger partial charge in [-0.1, -0.05) is 74.9 Å². The maximum absolute atomic E-state index is 13.8. The number of hydrogen-bond donors (Lipinski definition) is 2. The number of carbonyl (C=O) groups is 2. The molecule has 244 valence electrons. The summed E-state index contributed by atoms with van der Waals surface area (Å²) in [5.74, 6) is 1.73. The zero-order chi connectivity index (χ0) is 32.7. The van der Waals surface area contributed by atoms with Gasteiger partial charge in [0.15, 0.2) is 0 Å². The number of hydrogen-bond acceptors (Lipinski definition) is 3. The highest BCUT2D eigenvalue weighted by atomic mass is 16.2. The van der Waals surface area contributed by atoms with Crippen molar-refractivity contribution in [1.29, 1.82) is 0 Å². The molecule has 1 aliphatic carbocycles. The third kappa shape index (κ3) is 6.71. The Morgan fingerprint density at radius 3 is 2.21 bits per heavy atom. The van der Waals surface area contributed by atoms with Crippen molar-refractivity contribution >= 4 is 23.4 Å². The molecular weight excluding hydrogens is 582 g/mol. The average Bonchev–Trinajstić information content (AvgIpc) is 3.60. The van der Waals surface area contributed by atoms with E-state index in [-0.39, 0.29) is 17.4 Å². The molecule has 3 amide bonds. The van der Waals surface area contributed by atoms with E-state index in [2.05, 4.69) is 79.6 Å². The first-order valence-corrected chi connectivity index (χ1v) is 17.3. The first-order chi connectivity index (χ1) is 22.6. The molecule has 0 spiro atoms. The zero-order valence-electron chi connectivity index (χ0n) is 28.1. The number of aryl methyl sites for hydroxylation is 2. The van der Waals surface area contributed by atoms with Gasteiger partial charge in [-0.25, -0.2) is 9.48 Å². The van der Waals surface area contributed by atoms with Gasteiger partial charge in [0, 0.05) is 35.2 Å². The van der Waals surface area contributed by atoms with Gasteiger partial charge in [0.05, 0.1) is 11.4 Å². The largest absolute Gasteiger partial charge is 0.336 e. The third-order valence-corrected chi connectivity index (χ3v) is 10.5. The highest BCUT2D eigenvalue weighted by Gasteiger charge is 2.45. The molecular formula is C40H47N5O2. The number of nitrogens with one attached hydrogen (secondary N) is 2. The molecule has 0 radical (unpaired) electrons. The summed E-state index contributed by atoms with van der Waals surface area (Å²) in [6.45, 7) is 8.40. The lowest BCUT2D eigenvalue weighted by Crippen LogP contribution is -2.50. The molecule has 7 heteroatoms. The summed E-state index contributed by atoms with van der Waals surface area (Å²) in [5, 5.41) is 10.8. The molecule has 0 saturated carbocycles. The Hall–Kier alpha value is -4.39. The molecule has 2 fully saturated rings. The topological polar surface area (TPSA) is 79.3 Å². The molecule has 1 aromatic heterocycles. The van der Waals surface area contributed by atoms with Crippen LogP contribution < -0.4 is 10.6 Å². The van der Waals surface area contributed by atoms with Crippen molar-refractivity contribution in [2.75, 3.05) is 10.6 Å². The van der Waals surface area contributed by atoms with Crippen LogP contribution in [0.25, 0.3) is 5.69 Å². The molecule has 2 N–H and O–H groups in total. The van der Waals surface area contributed by atoms with E-state index in [4.69, 9.17) is 5.10 Å². The Morgan fingerprint density at radius 1 is 0.851 bits per heavy atom. The van der Waals surface area contributed by atoms with Crippen molar-refractivity contribution in [3.05, 3.63) is 107 Å². The number of anilines is 2. The first-order valence-electron chi connectivity index (χ1n) is 17.3. The number of piperidine rings is 1. The normalized spacial score (nSPS) is 22.1. The Morgan fingerprint density at radius 2 is 1.53 bits per heavy atom. The van der Waals surface area contributed by atoms with Gasteiger partial charge in [0.1, 0.15) is 5.82 Å². The smallest absolute Gasteiger partial charge is 0.324 e. The molecule has 3 unspecified atom stereocenters. The standard InChI is InChI=1S/C40H47N5O2/c1-26-9-17-33(18-10-26)45-37(25-36(43-45)40(2,3)4)42-39(47)41-32-15-11-27(12-16-32)21-28-22-34-19-20-35(23-28)44(34)38(46)31-14-13-29-7-5-6-8-30(29)24-31/h5-12,15-18,25,28,31,34-35H,13-14,19-24H2,1-4H3,(H2,41,42,47). The highest BCUT2D eigenvalue weighted by molar-refractivity contribution is 5.99. The molecule has 7 nitrogen and oxygen atoms in total. The minimum atomic E-state index is -0.304. The SMILES string of the molecule is Cc1ccc(-n2nc(C(C)(C)C)cc2NC(=O)Nc2ccc(CC3CC4CCC(C3)N4C(=O)C3CCc4ccccc4C3)cc2)cc1. The predicted octanol–water partition coefficient (Wildman–Crippen LogP) is 8.24. The summed E-state index contributed by atoms with van der Waals surface area (Å²) in [7, 11) is 0. The van der Waals surface area contributed by atoms with Gasteiger partial charge in [0.2, 0.25) is 5.91 Å². The molecule has 3 heterocycles. The second-order valence-corrected chi connectivity index (χ2v) is 15.1. The van der Waals surface area contributed by atoms with Gasteiger partial charge in [0.25, 0.3) is 0 Å². The summed E-state index contributed by atoms with van der Waals surface area (Å²) in [4.78, 5) is 29.2. The second-order valence-electron chi connectivity index (χ2n) is 15.1. The quantitative estimate of drug-likeness (QED) is 0.226.